The third kappa shape index (κ3) is 6.12. The summed E-state index contributed by atoms with van der Waals surface area (Å²) in [5.41, 5.74) is 2.17. The number of aryl methyl sites for hydroxylation is 1. The van der Waals surface area contributed by atoms with E-state index in [0.29, 0.717) is 13.0 Å². The van der Waals surface area contributed by atoms with Crippen LogP contribution in [0.1, 0.15) is 57.4 Å². The summed E-state index contributed by atoms with van der Waals surface area (Å²) in [5, 5.41) is 3.81. The zero-order chi connectivity index (χ0) is 21.7. The Morgan fingerprint density at radius 1 is 1.27 bits per heavy atom. The Morgan fingerprint density at radius 2 is 2.07 bits per heavy atom. The van der Waals surface area contributed by atoms with E-state index in [2.05, 4.69) is 21.1 Å². The van der Waals surface area contributed by atoms with Crippen LogP contribution in [0.3, 0.4) is 0 Å². The fourth-order valence-electron chi connectivity index (χ4n) is 3.72. The number of fused-ring (bicyclic) bond motifs is 1. The first kappa shape index (κ1) is 22.9. The van der Waals surface area contributed by atoms with Gasteiger partial charge in [-0.15, -0.1) is 11.3 Å². The van der Waals surface area contributed by atoms with E-state index >= 15 is 0 Å². The Morgan fingerprint density at radius 3 is 2.77 bits per heavy atom. The Balaban J connectivity index is 1.68. The van der Waals surface area contributed by atoms with Gasteiger partial charge in [0.2, 0.25) is 15.9 Å². The molecule has 2 aromatic rings. The van der Waals surface area contributed by atoms with Crippen LogP contribution in [0, 0.1) is 12.8 Å². The predicted octanol–water partition coefficient (Wildman–Crippen LogP) is 4.30. The molecule has 0 radical (unpaired) electrons. The maximum atomic E-state index is 13.0. The molecule has 0 bridgehead atoms. The molecule has 1 atom stereocenters. The molecule has 1 aromatic carbocycles. The van der Waals surface area contributed by atoms with Gasteiger partial charge >= 0.3 is 0 Å². The van der Waals surface area contributed by atoms with Gasteiger partial charge in [0.25, 0.3) is 0 Å². The van der Waals surface area contributed by atoms with Gasteiger partial charge in [0.1, 0.15) is 6.04 Å². The van der Waals surface area contributed by atoms with Crippen molar-refractivity contribution in [1.29, 1.82) is 0 Å². The summed E-state index contributed by atoms with van der Waals surface area (Å²) in [7, 11) is -3.82. The van der Waals surface area contributed by atoms with Crippen LogP contribution in [0.4, 0.5) is 0 Å². The minimum atomic E-state index is -3.82. The average molecular weight is 450 g/mol. The maximum absolute atomic E-state index is 13.0. The lowest BCUT2D eigenvalue weighted by Gasteiger charge is -2.21. The van der Waals surface area contributed by atoms with E-state index in [1.807, 2.05) is 20.8 Å². The highest BCUT2D eigenvalue weighted by Gasteiger charge is 2.26. The molecule has 0 unspecified atom stereocenters. The van der Waals surface area contributed by atoms with E-state index in [1.165, 1.54) is 29.8 Å². The molecule has 30 heavy (non-hydrogen) atoms. The van der Waals surface area contributed by atoms with Crippen molar-refractivity contribution in [3.05, 3.63) is 34.9 Å². The van der Waals surface area contributed by atoms with Crippen molar-refractivity contribution >= 4 is 37.5 Å². The average Bonchev–Trinajstić information content (AvgIpc) is 3.07. The second-order valence-corrected chi connectivity index (χ2v) is 11.3. The van der Waals surface area contributed by atoms with E-state index in [4.69, 9.17) is 0 Å². The summed E-state index contributed by atoms with van der Waals surface area (Å²) >= 11 is 1.45. The van der Waals surface area contributed by atoms with Crippen LogP contribution in [0.15, 0.2) is 34.7 Å². The van der Waals surface area contributed by atoms with Crippen molar-refractivity contribution in [1.82, 2.24) is 15.0 Å². The van der Waals surface area contributed by atoms with Crippen molar-refractivity contribution in [2.45, 2.75) is 70.2 Å². The second kappa shape index (κ2) is 10.0. The Kier molecular flexibility index (Phi) is 7.65. The van der Waals surface area contributed by atoms with Crippen LogP contribution in [0.25, 0.3) is 10.2 Å². The van der Waals surface area contributed by atoms with E-state index in [1.54, 1.807) is 18.2 Å². The number of carbonyl (C=O) groups is 1. The summed E-state index contributed by atoms with van der Waals surface area (Å²) in [6.07, 6.45) is 8.19. The minimum Gasteiger partial charge on any atom is -0.354 e. The normalized spacial score (nSPS) is 15.9. The Hall–Kier alpha value is -1.77. The van der Waals surface area contributed by atoms with Gasteiger partial charge in [0.15, 0.2) is 0 Å². The van der Waals surface area contributed by atoms with Crippen LogP contribution in [-0.2, 0) is 14.8 Å². The summed E-state index contributed by atoms with van der Waals surface area (Å²) in [5.74, 6) is -0.0884. The standard InChI is InChI=1S/C22H31N3O3S2/c1-15(2)13-20(22(26)23-12-11-17-7-5-4-6-8-17)25-30(27,28)18-9-10-19-21(14-18)29-16(3)24-19/h7,9-10,14-15,20,25H,4-6,8,11-13H2,1-3H3,(H,23,26)/t20-/m0/s1. The first-order valence-corrected chi connectivity index (χ1v) is 12.9. The molecule has 0 aliphatic heterocycles. The van der Waals surface area contributed by atoms with E-state index in [0.717, 1.165) is 34.5 Å². The molecular weight excluding hydrogens is 418 g/mol. The number of rotatable bonds is 9. The number of thiazole rings is 1. The van der Waals surface area contributed by atoms with Gasteiger partial charge in [-0.25, -0.2) is 13.4 Å². The fourth-order valence-corrected chi connectivity index (χ4v) is 5.90. The van der Waals surface area contributed by atoms with Gasteiger partial charge < -0.3 is 5.32 Å². The number of amides is 1. The highest BCUT2D eigenvalue weighted by Crippen LogP contribution is 2.25. The van der Waals surface area contributed by atoms with Crippen LogP contribution >= 0.6 is 11.3 Å². The van der Waals surface area contributed by atoms with Crippen molar-refractivity contribution in [3.8, 4) is 0 Å². The molecular formula is C22H31N3O3S2. The summed E-state index contributed by atoms with van der Waals surface area (Å²) < 4.78 is 29.4. The van der Waals surface area contributed by atoms with Gasteiger partial charge in [-0.05, 0) is 69.6 Å². The molecule has 0 saturated carbocycles. The van der Waals surface area contributed by atoms with Crippen LogP contribution in [0.2, 0.25) is 0 Å². The minimum absolute atomic E-state index is 0.160. The molecule has 0 saturated heterocycles. The predicted molar refractivity (Wildman–Crippen MR) is 122 cm³/mol. The van der Waals surface area contributed by atoms with Gasteiger partial charge in [-0.1, -0.05) is 25.5 Å². The number of nitrogens with one attached hydrogen (secondary N) is 2. The SMILES string of the molecule is Cc1nc2ccc(S(=O)(=O)N[C@@H](CC(C)C)C(=O)NCCC3=CCCCC3)cc2s1. The molecule has 0 fully saturated rings. The van der Waals surface area contributed by atoms with Crippen molar-refractivity contribution in [2.24, 2.45) is 5.92 Å². The number of allylic oxidation sites excluding steroid dienone is 1. The lowest BCUT2D eigenvalue weighted by Crippen LogP contribution is -2.47. The zero-order valence-electron chi connectivity index (χ0n) is 17.9. The number of nitrogens with zero attached hydrogens (tertiary/aromatic N) is 1. The lowest BCUT2D eigenvalue weighted by atomic mass is 9.97. The smallest absolute Gasteiger partial charge is 0.241 e. The quantitative estimate of drug-likeness (QED) is 0.559. The molecule has 164 valence electrons. The van der Waals surface area contributed by atoms with Gasteiger partial charge in [-0.2, -0.15) is 4.72 Å². The molecule has 6 nitrogen and oxygen atoms in total. The lowest BCUT2D eigenvalue weighted by molar-refractivity contribution is -0.123. The topological polar surface area (TPSA) is 88.2 Å². The number of carbonyl (C=O) groups excluding carboxylic acids is 1. The number of benzene rings is 1. The third-order valence-electron chi connectivity index (χ3n) is 5.23. The molecule has 3 rings (SSSR count). The largest absolute Gasteiger partial charge is 0.354 e. The first-order chi connectivity index (χ1) is 14.2. The summed E-state index contributed by atoms with van der Waals surface area (Å²) in [4.78, 5) is 17.3. The number of hydrogen-bond donors (Lipinski definition) is 2. The van der Waals surface area contributed by atoms with Gasteiger partial charge in [0, 0.05) is 6.54 Å². The molecule has 1 aromatic heterocycles. The molecule has 0 spiro atoms. The molecule has 2 N–H and O–H groups in total. The highest BCUT2D eigenvalue weighted by molar-refractivity contribution is 7.89. The second-order valence-electron chi connectivity index (χ2n) is 8.32. The fraction of sp³-hybridized carbons (Fsp3) is 0.545. The highest BCUT2D eigenvalue weighted by atomic mass is 32.2. The van der Waals surface area contributed by atoms with Crippen LogP contribution < -0.4 is 10.0 Å². The summed E-state index contributed by atoms with van der Waals surface area (Å²) in [6.45, 7) is 6.39. The Labute approximate surface area is 183 Å². The van der Waals surface area contributed by atoms with E-state index in [-0.39, 0.29) is 16.7 Å². The molecule has 8 heteroatoms. The maximum Gasteiger partial charge on any atom is 0.241 e. The van der Waals surface area contributed by atoms with Crippen molar-refractivity contribution in [3.63, 3.8) is 0 Å². The number of aromatic nitrogens is 1. The van der Waals surface area contributed by atoms with E-state index < -0.39 is 16.1 Å². The molecule has 1 heterocycles. The van der Waals surface area contributed by atoms with Crippen LogP contribution in [-0.4, -0.2) is 31.9 Å². The summed E-state index contributed by atoms with van der Waals surface area (Å²) in [6, 6.07) is 4.09. The number of sulfonamides is 1. The van der Waals surface area contributed by atoms with Gasteiger partial charge in [-0.3, -0.25) is 4.79 Å². The molecule has 1 aliphatic carbocycles. The monoisotopic (exact) mass is 449 g/mol. The molecule has 1 amide bonds. The van der Waals surface area contributed by atoms with E-state index in [9.17, 15) is 13.2 Å². The zero-order valence-corrected chi connectivity index (χ0v) is 19.5. The first-order valence-electron chi connectivity index (χ1n) is 10.6. The van der Waals surface area contributed by atoms with Gasteiger partial charge in [0.05, 0.1) is 20.1 Å². The van der Waals surface area contributed by atoms with Crippen LogP contribution in [0.5, 0.6) is 0 Å². The Bertz CT molecular complexity index is 1030. The van der Waals surface area contributed by atoms with Crippen molar-refractivity contribution in [2.75, 3.05) is 6.54 Å². The third-order valence-corrected chi connectivity index (χ3v) is 7.63. The number of hydrogen-bond acceptors (Lipinski definition) is 5. The van der Waals surface area contributed by atoms with Crippen molar-refractivity contribution < 1.29 is 13.2 Å². The molecule has 1 aliphatic rings.